The monoisotopic (exact) mass is 282 g/mol. The second kappa shape index (κ2) is 5.89. The Labute approximate surface area is 114 Å². The van der Waals surface area contributed by atoms with Crippen LogP contribution in [0.15, 0.2) is 21.9 Å². The lowest BCUT2D eigenvalue weighted by molar-refractivity contribution is -0.113. The van der Waals surface area contributed by atoms with Crippen LogP contribution >= 0.6 is 11.8 Å². The molecule has 102 valence electrons. The predicted molar refractivity (Wildman–Crippen MR) is 69.7 cm³/mol. The molecule has 0 radical (unpaired) electrons. The molecule has 0 atom stereocenters. The first-order valence-electron chi connectivity index (χ1n) is 5.57. The SMILES string of the molecule is Cc1cc(NC(=O)CSc2ncc(CO)n2C)on1. The summed E-state index contributed by atoms with van der Waals surface area (Å²) in [7, 11) is 1.79. The largest absolute Gasteiger partial charge is 0.390 e. The number of anilines is 1. The minimum absolute atomic E-state index is 0.0758. The molecule has 19 heavy (non-hydrogen) atoms. The van der Waals surface area contributed by atoms with Crippen molar-refractivity contribution in [3.63, 3.8) is 0 Å². The number of rotatable bonds is 5. The van der Waals surface area contributed by atoms with E-state index in [0.29, 0.717) is 22.4 Å². The van der Waals surface area contributed by atoms with Crippen LogP contribution < -0.4 is 5.32 Å². The predicted octanol–water partition coefficient (Wildman–Crippen LogP) is 0.940. The molecule has 7 nitrogen and oxygen atoms in total. The summed E-state index contributed by atoms with van der Waals surface area (Å²) in [5.41, 5.74) is 1.41. The molecule has 2 N–H and O–H groups in total. The molecule has 0 aliphatic rings. The molecule has 0 aliphatic carbocycles. The number of carbonyl (C=O) groups is 1. The van der Waals surface area contributed by atoms with Crippen LogP contribution in [-0.4, -0.2) is 31.5 Å². The first-order valence-corrected chi connectivity index (χ1v) is 6.56. The lowest BCUT2D eigenvalue weighted by Gasteiger charge is -2.03. The molecule has 0 unspecified atom stereocenters. The molecule has 1 amide bonds. The van der Waals surface area contributed by atoms with Crippen molar-refractivity contribution in [3.8, 4) is 0 Å². The highest BCUT2D eigenvalue weighted by atomic mass is 32.2. The zero-order valence-corrected chi connectivity index (χ0v) is 11.4. The molecule has 0 spiro atoms. The number of imidazole rings is 1. The van der Waals surface area contributed by atoms with Crippen LogP contribution in [0.25, 0.3) is 0 Å². The summed E-state index contributed by atoms with van der Waals surface area (Å²) in [5.74, 6) is 0.337. The molecule has 0 bridgehead atoms. The average Bonchev–Trinajstić information content (AvgIpc) is 2.93. The maximum Gasteiger partial charge on any atom is 0.237 e. The Kier molecular flexibility index (Phi) is 4.23. The summed E-state index contributed by atoms with van der Waals surface area (Å²) < 4.78 is 6.63. The second-order valence-corrected chi connectivity index (χ2v) is 4.86. The topological polar surface area (TPSA) is 93.2 Å². The minimum atomic E-state index is -0.199. The van der Waals surface area contributed by atoms with Gasteiger partial charge in [0.15, 0.2) is 5.16 Å². The van der Waals surface area contributed by atoms with Crippen molar-refractivity contribution < 1.29 is 14.4 Å². The lowest BCUT2D eigenvalue weighted by Crippen LogP contribution is -2.14. The quantitative estimate of drug-likeness (QED) is 0.793. The maximum atomic E-state index is 11.7. The Morgan fingerprint density at radius 3 is 3.00 bits per heavy atom. The van der Waals surface area contributed by atoms with E-state index in [2.05, 4.69) is 15.5 Å². The number of aliphatic hydroxyl groups is 1. The Morgan fingerprint density at radius 1 is 1.63 bits per heavy atom. The van der Waals surface area contributed by atoms with E-state index >= 15 is 0 Å². The van der Waals surface area contributed by atoms with Gasteiger partial charge in [0.05, 0.1) is 29.9 Å². The summed E-state index contributed by atoms with van der Waals surface area (Å²) in [6.07, 6.45) is 1.58. The van der Waals surface area contributed by atoms with Gasteiger partial charge in [-0.3, -0.25) is 10.1 Å². The van der Waals surface area contributed by atoms with Crippen molar-refractivity contribution in [2.75, 3.05) is 11.1 Å². The Balaban J connectivity index is 1.88. The standard InChI is InChI=1S/C11H14N4O3S/c1-7-3-10(18-14-7)13-9(17)6-19-11-12-4-8(5-16)15(11)2/h3-4,16H,5-6H2,1-2H3,(H,13,17). The molecule has 0 aromatic carbocycles. The van der Waals surface area contributed by atoms with Crippen molar-refractivity contribution in [2.24, 2.45) is 7.05 Å². The van der Waals surface area contributed by atoms with E-state index in [1.807, 2.05) is 0 Å². The van der Waals surface area contributed by atoms with Crippen molar-refractivity contribution in [1.29, 1.82) is 0 Å². The van der Waals surface area contributed by atoms with Gasteiger partial charge < -0.3 is 14.2 Å². The third-order valence-electron chi connectivity index (χ3n) is 2.43. The summed E-state index contributed by atoms with van der Waals surface area (Å²) in [6, 6.07) is 1.65. The van der Waals surface area contributed by atoms with Crippen LogP contribution in [0, 0.1) is 6.92 Å². The molecule has 0 saturated heterocycles. The first kappa shape index (κ1) is 13.6. The normalized spacial score (nSPS) is 10.7. The molecule has 2 aromatic rings. The fourth-order valence-corrected chi connectivity index (χ4v) is 2.20. The van der Waals surface area contributed by atoms with Crippen molar-refractivity contribution in [2.45, 2.75) is 18.7 Å². The molecule has 2 aromatic heterocycles. The molecular formula is C11H14N4O3S. The van der Waals surface area contributed by atoms with Gasteiger partial charge in [0, 0.05) is 13.1 Å². The summed E-state index contributed by atoms with van der Waals surface area (Å²) in [5, 5.41) is 16.0. The zero-order chi connectivity index (χ0) is 13.8. The fourth-order valence-electron chi connectivity index (χ4n) is 1.43. The Morgan fingerprint density at radius 2 is 2.42 bits per heavy atom. The van der Waals surface area contributed by atoms with Gasteiger partial charge in [-0.25, -0.2) is 4.98 Å². The van der Waals surface area contributed by atoms with Gasteiger partial charge in [-0.05, 0) is 6.92 Å². The van der Waals surface area contributed by atoms with Crippen LogP contribution in [0.1, 0.15) is 11.4 Å². The average molecular weight is 282 g/mol. The summed E-state index contributed by atoms with van der Waals surface area (Å²) >= 11 is 1.28. The number of aryl methyl sites for hydroxylation is 1. The molecule has 2 heterocycles. The smallest absolute Gasteiger partial charge is 0.237 e. The number of aliphatic hydroxyl groups excluding tert-OH is 1. The molecule has 0 aliphatic heterocycles. The van der Waals surface area contributed by atoms with Crippen molar-refractivity contribution >= 4 is 23.6 Å². The number of hydrogen-bond acceptors (Lipinski definition) is 6. The fraction of sp³-hybridized carbons (Fsp3) is 0.364. The molecule has 0 fully saturated rings. The molecular weight excluding hydrogens is 268 g/mol. The number of thioether (sulfide) groups is 1. The Bertz CT molecular complexity index is 578. The number of aromatic nitrogens is 3. The van der Waals surface area contributed by atoms with E-state index < -0.39 is 0 Å². The summed E-state index contributed by atoms with van der Waals surface area (Å²) in [6.45, 7) is 1.70. The van der Waals surface area contributed by atoms with Crippen LogP contribution in [0.3, 0.4) is 0 Å². The number of amides is 1. The third-order valence-corrected chi connectivity index (χ3v) is 3.47. The van der Waals surface area contributed by atoms with Gasteiger partial charge in [-0.2, -0.15) is 0 Å². The molecule has 2 rings (SSSR count). The van der Waals surface area contributed by atoms with Gasteiger partial charge >= 0.3 is 0 Å². The molecule has 0 saturated carbocycles. The van der Waals surface area contributed by atoms with Crippen LogP contribution in [-0.2, 0) is 18.4 Å². The number of hydrogen-bond donors (Lipinski definition) is 2. The highest BCUT2D eigenvalue weighted by Crippen LogP contribution is 2.17. The highest BCUT2D eigenvalue weighted by Gasteiger charge is 2.11. The van der Waals surface area contributed by atoms with E-state index in [4.69, 9.17) is 9.63 Å². The molecule has 8 heteroatoms. The Hall–Kier alpha value is -1.80. The number of carbonyl (C=O) groups excluding carboxylic acids is 1. The lowest BCUT2D eigenvalue weighted by atomic mass is 10.5. The zero-order valence-electron chi connectivity index (χ0n) is 10.6. The van der Waals surface area contributed by atoms with Gasteiger partial charge in [-0.1, -0.05) is 16.9 Å². The van der Waals surface area contributed by atoms with E-state index in [9.17, 15) is 4.79 Å². The van der Waals surface area contributed by atoms with Crippen molar-refractivity contribution in [1.82, 2.24) is 14.7 Å². The van der Waals surface area contributed by atoms with Gasteiger partial charge in [-0.15, -0.1) is 0 Å². The van der Waals surface area contributed by atoms with Crippen molar-refractivity contribution in [3.05, 3.63) is 23.7 Å². The van der Waals surface area contributed by atoms with Crippen LogP contribution in [0.5, 0.6) is 0 Å². The van der Waals surface area contributed by atoms with Gasteiger partial charge in [0.2, 0.25) is 11.8 Å². The van der Waals surface area contributed by atoms with E-state index in [1.165, 1.54) is 11.8 Å². The third kappa shape index (κ3) is 3.36. The second-order valence-electron chi connectivity index (χ2n) is 3.92. The van der Waals surface area contributed by atoms with Gasteiger partial charge in [0.25, 0.3) is 0 Å². The first-order chi connectivity index (χ1) is 9.10. The summed E-state index contributed by atoms with van der Waals surface area (Å²) in [4.78, 5) is 15.8. The highest BCUT2D eigenvalue weighted by molar-refractivity contribution is 7.99. The van der Waals surface area contributed by atoms with E-state index in [1.54, 1.807) is 30.8 Å². The van der Waals surface area contributed by atoms with Crippen LogP contribution in [0.2, 0.25) is 0 Å². The minimum Gasteiger partial charge on any atom is -0.390 e. The number of nitrogens with zero attached hydrogens (tertiary/aromatic N) is 3. The van der Waals surface area contributed by atoms with Gasteiger partial charge in [0.1, 0.15) is 0 Å². The maximum absolute atomic E-state index is 11.7. The van der Waals surface area contributed by atoms with E-state index in [0.717, 1.165) is 0 Å². The number of nitrogens with one attached hydrogen (secondary N) is 1. The van der Waals surface area contributed by atoms with Crippen LogP contribution in [0.4, 0.5) is 5.88 Å². The van der Waals surface area contributed by atoms with E-state index in [-0.39, 0.29) is 18.3 Å².